The molecule has 8 nitrogen and oxygen atoms in total. The van der Waals surface area contributed by atoms with Gasteiger partial charge < -0.3 is 20.3 Å². The molecule has 0 bridgehead atoms. The number of aryl methyl sites for hydroxylation is 2. The zero-order valence-corrected chi connectivity index (χ0v) is 17.7. The minimum atomic E-state index is -1.56. The molecule has 3 N–H and O–H groups in total. The number of carboxylic acids is 1. The van der Waals surface area contributed by atoms with E-state index in [1.165, 1.54) is 4.90 Å². The van der Waals surface area contributed by atoms with Gasteiger partial charge in [-0.1, -0.05) is 31.5 Å². The highest BCUT2D eigenvalue weighted by Crippen LogP contribution is 2.50. The number of rotatable bonds is 6. The van der Waals surface area contributed by atoms with Crippen LogP contribution in [0.2, 0.25) is 0 Å². The van der Waals surface area contributed by atoms with Gasteiger partial charge in [0.05, 0.1) is 5.92 Å². The lowest BCUT2D eigenvalue weighted by atomic mass is 9.83. The Labute approximate surface area is 175 Å². The molecular formula is C22H28N4O4. The molecule has 2 amide bonds. The van der Waals surface area contributed by atoms with Gasteiger partial charge in [-0.3, -0.25) is 9.59 Å². The number of benzene rings is 1. The molecule has 1 aromatic carbocycles. The van der Waals surface area contributed by atoms with Crippen LogP contribution in [0.4, 0.5) is 0 Å². The highest BCUT2D eigenvalue weighted by atomic mass is 16.4. The Morgan fingerprint density at radius 3 is 2.53 bits per heavy atom. The van der Waals surface area contributed by atoms with E-state index in [1.54, 1.807) is 42.2 Å². The fraction of sp³-hybridized carbons (Fsp3) is 0.455. The summed E-state index contributed by atoms with van der Waals surface area (Å²) in [4.78, 5) is 44.5. The van der Waals surface area contributed by atoms with Crippen LogP contribution in [0.5, 0.6) is 0 Å². The first-order valence-corrected chi connectivity index (χ1v) is 9.98. The third-order valence-electron chi connectivity index (χ3n) is 5.79. The molecular weight excluding hydrogens is 384 g/mol. The lowest BCUT2D eigenvalue weighted by Crippen LogP contribution is -2.54. The third kappa shape index (κ3) is 3.58. The first-order valence-electron chi connectivity index (χ1n) is 9.98. The van der Waals surface area contributed by atoms with Crippen molar-refractivity contribution < 1.29 is 19.5 Å². The summed E-state index contributed by atoms with van der Waals surface area (Å²) in [6.07, 6.45) is 3.41. The molecule has 0 radical (unpaired) electrons. The Morgan fingerprint density at radius 2 is 2.03 bits per heavy atom. The average molecular weight is 412 g/mol. The molecule has 0 saturated carbocycles. The van der Waals surface area contributed by atoms with Crippen molar-refractivity contribution in [2.75, 3.05) is 0 Å². The van der Waals surface area contributed by atoms with E-state index < -0.39 is 35.3 Å². The monoisotopic (exact) mass is 412 g/mol. The predicted octanol–water partition coefficient (Wildman–Crippen LogP) is 2.29. The number of aliphatic carboxylic acids is 1. The fourth-order valence-corrected chi connectivity index (χ4v) is 4.61. The lowest BCUT2D eigenvalue weighted by molar-refractivity contribution is -0.150. The van der Waals surface area contributed by atoms with Crippen LogP contribution in [-0.2, 0) is 16.6 Å². The second-order valence-electron chi connectivity index (χ2n) is 8.53. The minimum absolute atomic E-state index is 0.0254. The largest absolute Gasteiger partial charge is 0.479 e. The second-order valence-corrected chi connectivity index (χ2v) is 8.53. The van der Waals surface area contributed by atoms with Gasteiger partial charge in [0, 0.05) is 25.0 Å². The average Bonchev–Trinajstić information content (AvgIpc) is 3.22. The molecule has 2 aromatic rings. The molecule has 30 heavy (non-hydrogen) atoms. The molecule has 2 heterocycles. The summed E-state index contributed by atoms with van der Waals surface area (Å²) >= 11 is 0. The molecule has 3 rings (SSSR count). The summed E-state index contributed by atoms with van der Waals surface area (Å²) in [5, 5.41) is 10.3. The van der Waals surface area contributed by atoms with E-state index in [-0.39, 0.29) is 18.8 Å². The molecule has 1 saturated heterocycles. The van der Waals surface area contributed by atoms with Gasteiger partial charge in [0.15, 0.2) is 0 Å². The number of primary amides is 1. The number of hydrogen-bond acceptors (Lipinski definition) is 4. The van der Waals surface area contributed by atoms with E-state index in [0.29, 0.717) is 11.4 Å². The van der Waals surface area contributed by atoms with E-state index in [9.17, 15) is 19.5 Å². The molecule has 1 fully saturated rings. The summed E-state index contributed by atoms with van der Waals surface area (Å²) in [6.45, 7) is 5.66. The van der Waals surface area contributed by atoms with Crippen molar-refractivity contribution in [3.8, 4) is 0 Å². The molecule has 0 spiro atoms. The Morgan fingerprint density at radius 1 is 1.33 bits per heavy atom. The molecule has 1 aromatic heterocycles. The predicted molar refractivity (Wildman–Crippen MR) is 110 cm³/mol. The van der Waals surface area contributed by atoms with Crippen molar-refractivity contribution in [3.63, 3.8) is 0 Å². The van der Waals surface area contributed by atoms with Crippen LogP contribution >= 0.6 is 0 Å². The van der Waals surface area contributed by atoms with Gasteiger partial charge in [-0.05, 0) is 37.8 Å². The van der Waals surface area contributed by atoms with E-state index >= 15 is 0 Å². The Bertz CT molecular complexity index is 983. The van der Waals surface area contributed by atoms with E-state index in [0.717, 1.165) is 5.56 Å². The van der Waals surface area contributed by atoms with Gasteiger partial charge in [-0.2, -0.15) is 0 Å². The molecule has 3 atom stereocenters. The van der Waals surface area contributed by atoms with Gasteiger partial charge in [0.25, 0.3) is 5.91 Å². The number of imidazole rings is 1. The first kappa shape index (κ1) is 21.5. The van der Waals surface area contributed by atoms with Crippen molar-refractivity contribution in [3.05, 3.63) is 53.6 Å². The summed E-state index contributed by atoms with van der Waals surface area (Å²) in [6, 6.07) is 6.12. The highest BCUT2D eigenvalue weighted by Gasteiger charge is 2.61. The van der Waals surface area contributed by atoms with Gasteiger partial charge in [-0.15, -0.1) is 0 Å². The third-order valence-corrected chi connectivity index (χ3v) is 5.79. The molecule has 160 valence electrons. The normalized spacial score (nSPS) is 23.7. The van der Waals surface area contributed by atoms with Crippen molar-refractivity contribution in [1.82, 2.24) is 14.5 Å². The maximum Gasteiger partial charge on any atom is 0.329 e. The van der Waals surface area contributed by atoms with Crippen LogP contribution in [0.1, 0.15) is 54.5 Å². The second kappa shape index (κ2) is 7.93. The van der Waals surface area contributed by atoms with Crippen molar-refractivity contribution in [2.45, 2.75) is 45.2 Å². The summed E-state index contributed by atoms with van der Waals surface area (Å²) in [5.74, 6) is -2.68. The Hall–Kier alpha value is -3.16. The number of aromatic nitrogens is 2. The van der Waals surface area contributed by atoms with Crippen LogP contribution in [-0.4, -0.2) is 42.9 Å². The first-order chi connectivity index (χ1) is 14.1. The molecule has 3 unspecified atom stereocenters. The van der Waals surface area contributed by atoms with Crippen LogP contribution in [0.15, 0.2) is 36.7 Å². The number of likely N-dealkylation sites (tertiary alicyclic amines) is 1. The van der Waals surface area contributed by atoms with Crippen molar-refractivity contribution in [2.24, 2.45) is 24.6 Å². The zero-order chi connectivity index (χ0) is 22.2. The van der Waals surface area contributed by atoms with Crippen molar-refractivity contribution in [1.29, 1.82) is 0 Å². The maximum absolute atomic E-state index is 13.8. The lowest BCUT2D eigenvalue weighted by Gasteiger charge is -2.39. The number of hydrogen-bond donors (Lipinski definition) is 2. The zero-order valence-electron chi connectivity index (χ0n) is 17.7. The van der Waals surface area contributed by atoms with E-state index in [2.05, 4.69) is 4.98 Å². The van der Waals surface area contributed by atoms with Crippen molar-refractivity contribution >= 4 is 17.8 Å². The van der Waals surface area contributed by atoms with Crippen LogP contribution in [0.25, 0.3) is 0 Å². The van der Waals surface area contributed by atoms with Crippen LogP contribution < -0.4 is 5.73 Å². The van der Waals surface area contributed by atoms with Gasteiger partial charge in [0.1, 0.15) is 17.4 Å². The summed E-state index contributed by atoms with van der Waals surface area (Å²) in [7, 11) is 1.75. The Balaban J connectivity index is 2.26. The highest BCUT2D eigenvalue weighted by molar-refractivity contribution is 6.00. The molecule has 8 heteroatoms. The van der Waals surface area contributed by atoms with Crippen LogP contribution in [0, 0.1) is 18.8 Å². The number of amides is 2. The maximum atomic E-state index is 13.8. The van der Waals surface area contributed by atoms with E-state index in [1.807, 2.05) is 26.8 Å². The minimum Gasteiger partial charge on any atom is -0.479 e. The number of carbonyl (C=O) groups excluding carboxylic acids is 2. The number of carboxylic acid groups (broad SMARTS) is 1. The fourth-order valence-electron chi connectivity index (χ4n) is 4.61. The molecule has 1 aliphatic heterocycles. The molecule has 1 aliphatic rings. The van der Waals surface area contributed by atoms with Gasteiger partial charge in [-0.25, -0.2) is 9.78 Å². The summed E-state index contributed by atoms with van der Waals surface area (Å²) < 4.78 is 1.70. The number of nitrogens with two attached hydrogens (primary N) is 1. The summed E-state index contributed by atoms with van der Waals surface area (Å²) in [5.41, 5.74) is 5.40. The quantitative estimate of drug-likeness (QED) is 0.755. The van der Waals surface area contributed by atoms with Crippen LogP contribution in [0.3, 0.4) is 0 Å². The number of nitrogens with zero attached hydrogens (tertiary/aromatic N) is 3. The van der Waals surface area contributed by atoms with Gasteiger partial charge in [0.2, 0.25) is 5.91 Å². The number of carbonyl (C=O) groups is 3. The Kier molecular flexibility index (Phi) is 5.70. The SMILES string of the molecule is Cc1cccc(C(=O)N2C(c3nccn3C)C(C(N)=O)CC2(CC(C)C)C(=O)O)c1. The smallest absolute Gasteiger partial charge is 0.329 e. The van der Waals surface area contributed by atoms with Gasteiger partial charge >= 0.3 is 5.97 Å². The standard InChI is InChI=1S/C22H28N4O4/c1-13(2)11-22(21(29)30)12-16(18(23)27)17(19-24-8-9-25(19)4)26(22)20(28)15-7-5-6-14(3)10-15/h5-10,13,16-17H,11-12H2,1-4H3,(H2,23,27)(H,29,30). The molecule has 0 aliphatic carbocycles. The van der Waals surface area contributed by atoms with E-state index in [4.69, 9.17) is 5.73 Å². The topological polar surface area (TPSA) is 119 Å².